The van der Waals surface area contributed by atoms with Gasteiger partial charge in [0.1, 0.15) is 5.52 Å². The molecule has 3 aromatic rings. The summed E-state index contributed by atoms with van der Waals surface area (Å²) < 4.78 is 7.48. The average Bonchev–Trinajstić information content (AvgIpc) is 3.20. The van der Waals surface area contributed by atoms with E-state index in [1.54, 1.807) is 10.7 Å². The number of piperazine rings is 1. The van der Waals surface area contributed by atoms with E-state index in [1.165, 1.54) is 0 Å². The van der Waals surface area contributed by atoms with Crippen molar-refractivity contribution in [2.45, 2.75) is 13.0 Å². The van der Waals surface area contributed by atoms with E-state index < -0.39 is 0 Å². The van der Waals surface area contributed by atoms with Gasteiger partial charge in [0.25, 0.3) is 5.91 Å². The first-order valence-electron chi connectivity index (χ1n) is 7.99. The predicted octanol–water partition coefficient (Wildman–Crippen LogP) is 1.66. The summed E-state index contributed by atoms with van der Waals surface area (Å²) in [6.07, 6.45) is 3.75. The number of nitrogens with one attached hydrogen (secondary N) is 1. The Labute approximate surface area is 139 Å². The quantitative estimate of drug-likeness (QED) is 0.775. The molecule has 24 heavy (non-hydrogen) atoms. The van der Waals surface area contributed by atoms with Crippen LogP contribution in [0.2, 0.25) is 0 Å². The van der Waals surface area contributed by atoms with Crippen molar-refractivity contribution in [1.82, 2.24) is 25.0 Å². The Morgan fingerprint density at radius 1 is 1.42 bits per heavy atom. The minimum Gasteiger partial charge on any atom is -0.449 e. The predicted molar refractivity (Wildman–Crippen MR) is 88.6 cm³/mol. The van der Waals surface area contributed by atoms with Crippen LogP contribution in [0.15, 0.2) is 35.0 Å². The monoisotopic (exact) mass is 325 g/mol. The number of carbonyl (C=O) groups is 1. The number of amides is 1. The zero-order valence-corrected chi connectivity index (χ0v) is 13.7. The molecule has 1 fully saturated rings. The third-order valence-electron chi connectivity index (χ3n) is 4.34. The van der Waals surface area contributed by atoms with Crippen LogP contribution < -0.4 is 5.32 Å². The Morgan fingerprint density at radius 3 is 3.08 bits per heavy atom. The molecule has 0 aliphatic carbocycles. The highest BCUT2D eigenvalue weighted by molar-refractivity contribution is 5.95. The van der Waals surface area contributed by atoms with Gasteiger partial charge in [-0.2, -0.15) is 5.10 Å². The van der Waals surface area contributed by atoms with Crippen molar-refractivity contribution in [1.29, 1.82) is 0 Å². The lowest BCUT2D eigenvalue weighted by atomic mass is 10.1. The van der Waals surface area contributed by atoms with Gasteiger partial charge in [0, 0.05) is 50.2 Å². The van der Waals surface area contributed by atoms with Crippen molar-refractivity contribution in [2.75, 3.05) is 19.6 Å². The zero-order valence-electron chi connectivity index (χ0n) is 13.7. The van der Waals surface area contributed by atoms with Crippen LogP contribution in [0.3, 0.4) is 0 Å². The van der Waals surface area contributed by atoms with Crippen molar-refractivity contribution in [3.63, 3.8) is 0 Å². The van der Waals surface area contributed by atoms with E-state index in [9.17, 15) is 4.79 Å². The van der Waals surface area contributed by atoms with Crippen molar-refractivity contribution in [2.24, 2.45) is 7.05 Å². The van der Waals surface area contributed by atoms with Crippen LogP contribution in [0, 0.1) is 6.92 Å². The van der Waals surface area contributed by atoms with Gasteiger partial charge in [-0.1, -0.05) is 0 Å². The lowest BCUT2D eigenvalue weighted by molar-refractivity contribution is 0.0604. The molecule has 7 nitrogen and oxygen atoms in total. The molecule has 0 bridgehead atoms. The fraction of sp³-hybridized carbons (Fsp3) is 0.353. The zero-order chi connectivity index (χ0) is 16.7. The highest BCUT2D eigenvalue weighted by Gasteiger charge is 2.31. The second kappa shape index (κ2) is 5.76. The van der Waals surface area contributed by atoms with Gasteiger partial charge >= 0.3 is 0 Å². The molecule has 0 spiro atoms. The Morgan fingerprint density at radius 2 is 2.29 bits per heavy atom. The maximum absolute atomic E-state index is 13.0. The number of hydrogen-bond donors (Lipinski definition) is 1. The van der Waals surface area contributed by atoms with Gasteiger partial charge in [-0.15, -0.1) is 0 Å². The molecule has 1 unspecified atom stereocenters. The molecular formula is C17H19N5O2. The summed E-state index contributed by atoms with van der Waals surface area (Å²) in [5.74, 6) is 0.222. The van der Waals surface area contributed by atoms with Crippen LogP contribution in [-0.4, -0.2) is 45.2 Å². The number of aromatic nitrogens is 3. The molecule has 0 radical (unpaired) electrons. The molecule has 7 heteroatoms. The Kier molecular flexibility index (Phi) is 3.57. The molecule has 1 N–H and O–H groups in total. The number of furan rings is 1. The number of rotatable bonds is 2. The number of nitrogens with zero attached hydrogens (tertiary/aromatic N) is 4. The maximum Gasteiger partial charge on any atom is 0.290 e. The normalized spacial score (nSPS) is 18.2. The number of pyridine rings is 1. The standard InChI is InChI=1S/C17H19N5O2/c1-11-3-4-15-13(20-11)7-16(24-15)17(23)22-6-5-18-9-14(22)12-8-19-21(2)10-12/h3-4,7-8,10,14,18H,5-6,9H2,1-2H3. The molecule has 124 valence electrons. The van der Waals surface area contributed by atoms with E-state index in [2.05, 4.69) is 15.4 Å². The van der Waals surface area contributed by atoms with Crippen LogP contribution in [0.4, 0.5) is 0 Å². The number of hydrogen-bond acceptors (Lipinski definition) is 5. The smallest absolute Gasteiger partial charge is 0.290 e. The van der Waals surface area contributed by atoms with E-state index in [0.29, 0.717) is 29.9 Å². The summed E-state index contributed by atoms with van der Waals surface area (Å²) in [5, 5.41) is 7.56. The summed E-state index contributed by atoms with van der Waals surface area (Å²) in [5.41, 5.74) is 3.27. The molecule has 0 aromatic carbocycles. The van der Waals surface area contributed by atoms with Crippen LogP contribution in [-0.2, 0) is 7.05 Å². The molecule has 1 aliphatic heterocycles. The molecule has 1 atom stereocenters. The summed E-state index contributed by atoms with van der Waals surface area (Å²) in [6.45, 7) is 4.01. The fourth-order valence-electron chi connectivity index (χ4n) is 3.13. The lowest BCUT2D eigenvalue weighted by Gasteiger charge is -2.35. The second-order valence-electron chi connectivity index (χ2n) is 6.11. The second-order valence-corrected chi connectivity index (χ2v) is 6.11. The van der Waals surface area contributed by atoms with E-state index in [1.807, 2.05) is 43.4 Å². The van der Waals surface area contributed by atoms with Crippen LogP contribution in [0.25, 0.3) is 11.1 Å². The van der Waals surface area contributed by atoms with E-state index in [0.717, 1.165) is 17.8 Å². The Balaban J connectivity index is 1.67. The third-order valence-corrected chi connectivity index (χ3v) is 4.34. The molecule has 1 amide bonds. The first kappa shape index (κ1) is 14.9. The van der Waals surface area contributed by atoms with Gasteiger partial charge in [0.15, 0.2) is 11.3 Å². The molecule has 1 saturated heterocycles. The number of carbonyl (C=O) groups excluding carboxylic acids is 1. The van der Waals surface area contributed by atoms with E-state index in [-0.39, 0.29) is 11.9 Å². The SMILES string of the molecule is Cc1ccc2oc(C(=O)N3CCNCC3c3cnn(C)c3)cc2n1. The highest BCUT2D eigenvalue weighted by atomic mass is 16.3. The van der Waals surface area contributed by atoms with Gasteiger partial charge in [0.05, 0.1) is 12.2 Å². The molecule has 0 saturated carbocycles. The van der Waals surface area contributed by atoms with Gasteiger partial charge in [-0.3, -0.25) is 9.48 Å². The topological polar surface area (TPSA) is 76.2 Å². The molecule has 4 rings (SSSR count). The number of aryl methyl sites for hydroxylation is 2. The van der Waals surface area contributed by atoms with E-state index >= 15 is 0 Å². The molecule has 4 heterocycles. The third kappa shape index (κ3) is 2.56. The van der Waals surface area contributed by atoms with Crippen molar-refractivity contribution >= 4 is 17.0 Å². The lowest BCUT2D eigenvalue weighted by Crippen LogP contribution is -2.48. The highest BCUT2D eigenvalue weighted by Crippen LogP contribution is 2.26. The summed E-state index contributed by atoms with van der Waals surface area (Å²) >= 11 is 0. The van der Waals surface area contributed by atoms with Crippen molar-refractivity contribution in [3.8, 4) is 0 Å². The largest absolute Gasteiger partial charge is 0.449 e. The van der Waals surface area contributed by atoms with E-state index in [4.69, 9.17) is 4.42 Å². The Bertz CT molecular complexity index is 897. The fourth-order valence-corrected chi connectivity index (χ4v) is 3.13. The van der Waals surface area contributed by atoms with Crippen LogP contribution in [0.1, 0.15) is 27.9 Å². The average molecular weight is 325 g/mol. The minimum atomic E-state index is -0.110. The maximum atomic E-state index is 13.0. The summed E-state index contributed by atoms with van der Waals surface area (Å²) in [7, 11) is 1.87. The van der Waals surface area contributed by atoms with Gasteiger partial charge in [-0.05, 0) is 19.1 Å². The van der Waals surface area contributed by atoms with Crippen LogP contribution >= 0.6 is 0 Å². The van der Waals surface area contributed by atoms with Crippen molar-refractivity contribution < 1.29 is 9.21 Å². The van der Waals surface area contributed by atoms with Crippen LogP contribution in [0.5, 0.6) is 0 Å². The van der Waals surface area contributed by atoms with Crippen molar-refractivity contribution in [3.05, 3.63) is 47.6 Å². The van der Waals surface area contributed by atoms with Gasteiger partial charge in [-0.25, -0.2) is 4.98 Å². The van der Waals surface area contributed by atoms with Gasteiger partial charge in [0.2, 0.25) is 0 Å². The number of fused-ring (bicyclic) bond motifs is 1. The minimum absolute atomic E-state index is 0.0529. The Hall–Kier alpha value is -2.67. The molecule has 3 aromatic heterocycles. The summed E-state index contributed by atoms with van der Waals surface area (Å²) in [4.78, 5) is 19.3. The molecule has 1 aliphatic rings. The molecular weight excluding hydrogens is 306 g/mol. The summed E-state index contributed by atoms with van der Waals surface area (Å²) in [6, 6.07) is 5.41. The first-order valence-corrected chi connectivity index (χ1v) is 7.99. The van der Waals surface area contributed by atoms with Gasteiger partial charge < -0.3 is 14.6 Å². The first-order chi connectivity index (χ1) is 11.6.